The number of rotatable bonds is 5. The smallest absolute Gasteiger partial charge is 0.0913 e. The van der Waals surface area contributed by atoms with E-state index in [0.717, 1.165) is 0 Å². The van der Waals surface area contributed by atoms with E-state index in [1.165, 1.54) is 0 Å². The number of nitrogens with two attached hydrogens (primary N) is 1. The van der Waals surface area contributed by atoms with Crippen LogP contribution in [-0.2, 0) is 4.84 Å². The van der Waals surface area contributed by atoms with Crippen molar-refractivity contribution in [2.75, 3.05) is 26.3 Å². The maximum absolute atomic E-state index is 8.17. The number of hydroxylamine groups is 1. The van der Waals surface area contributed by atoms with E-state index in [-0.39, 0.29) is 6.61 Å². The molecule has 0 aliphatic carbocycles. The normalized spacial score (nSPS) is 9.75. The molecular formula is C4H12N2O2. The highest BCUT2D eigenvalue weighted by molar-refractivity contribution is 4.31. The van der Waals surface area contributed by atoms with Crippen molar-refractivity contribution < 1.29 is 9.94 Å². The first-order valence-corrected chi connectivity index (χ1v) is 2.57. The van der Waals surface area contributed by atoms with Crippen LogP contribution < -0.4 is 11.2 Å². The first-order valence-electron chi connectivity index (χ1n) is 2.57. The SMILES string of the molecule is NCCNOCCO. The third kappa shape index (κ3) is 5.84. The van der Waals surface area contributed by atoms with Crippen molar-refractivity contribution in [3.63, 3.8) is 0 Å². The van der Waals surface area contributed by atoms with E-state index in [4.69, 9.17) is 10.8 Å². The molecule has 4 heteroatoms. The topological polar surface area (TPSA) is 67.5 Å². The van der Waals surface area contributed by atoms with Crippen LogP contribution in [0.3, 0.4) is 0 Å². The molecule has 0 aromatic heterocycles. The van der Waals surface area contributed by atoms with Gasteiger partial charge in [0.15, 0.2) is 0 Å². The van der Waals surface area contributed by atoms with Crippen molar-refractivity contribution in [1.82, 2.24) is 5.48 Å². The molecule has 0 bridgehead atoms. The van der Waals surface area contributed by atoms with Gasteiger partial charge >= 0.3 is 0 Å². The van der Waals surface area contributed by atoms with E-state index in [1.807, 2.05) is 0 Å². The molecule has 4 N–H and O–H groups in total. The Labute approximate surface area is 48.6 Å². The van der Waals surface area contributed by atoms with Crippen molar-refractivity contribution >= 4 is 0 Å². The van der Waals surface area contributed by atoms with Crippen molar-refractivity contribution in [3.05, 3.63) is 0 Å². The average molecular weight is 120 g/mol. The highest BCUT2D eigenvalue weighted by atomic mass is 16.6. The molecule has 0 atom stereocenters. The third-order valence-electron chi connectivity index (χ3n) is 0.542. The molecule has 50 valence electrons. The average Bonchev–Trinajstić information content (AvgIpc) is 1.81. The van der Waals surface area contributed by atoms with Gasteiger partial charge in [0.2, 0.25) is 0 Å². The lowest BCUT2D eigenvalue weighted by Crippen LogP contribution is -2.23. The summed E-state index contributed by atoms with van der Waals surface area (Å²) in [6.07, 6.45) is 0. The minimum absolute atomic E-state index is 0.0393. The van der Waals surface area contributed by atoms with Gasteiger partial charge in [-0.3, -0.25) is 4.84 Å². The molecule has 0 aromatic carbocycles. The summed E-state index contributed by atoms with van der Waals surface area (Å²) in [6.45, 7) is 1.53. The van der Waals surface area contributed by atoms with Crippen molar-refractivity contribution in [1.29, 1.82) is 0 Å². The fraction of sp³-hybridized carbons (Fsp3) is 1.00. The zero-order valence-electron chi connectivity index (χ0n) is 4.76. The standard InChI is InChI=1S/C4H12N2O2/c5-1-2-6-8-4-3-7/h6-7H,1-5H2. The molecule has 0 fully saturated rings. The maximum atomic E-state index is 8.17. The van der Waals surface area contributed by atoms with Crippen molar-refractivity contribution in [2.45, 2.75) is 0 Å². The van der Waals surface area contributed by atoms with Gasteiger partial charge in [-0.15, -0.1) is 0 Å². The van der Waals surface area contributed by atoms with E-state index in [9.17, 15) is 0 Å². The lowest BCUT2D eigenvalue weighted by Gasteiger charge is -1.99. The summed E-state index contributed by atoms with van der Waals surface area (Å²) < 4.78 is 0. The number of aliphatic hydroxyl groups is 1. The van der Waals surface area contributed by atoms with Crippen LogP contribution >= 0.6 is 0 Å². The zero-order valence-corrected chi connectivity index (χ0v) is 4.76. The molecule has 4 nitrogen and oxygen atoms in total. The summed E-state index contributed by atoms with van der Waals surface area (Å²) >= 11 is 0. The molecule has 0 aliphatic rings. The second kappa shape index (κ2) is 6.84. The molecule has 0 saturated heterocycles. The first-order chi connectivity index (χ1) is 3.91. The van der Waals surface area contributed by atoms with Gasteiger partial charge in [0.25, 0.3) is 0 Å². The van der Waals surface area contributed by atoms with Gasteiger partial charge in [0.05, 0.1) is 13.2 Å². The van der Waals surface area contributed by atoms with E-state index < -0.39 is 0 Å². The lowest BCUT2D eigenvalue weighted by atomic mass is 10.7. The third-order valence-corrected chi connectivity index (χ3v) is 0.542. The van der Waals surface area contributed by atoms with Crippen LogP contribution in [0.1, 0.15) is 0 Å². The summed E-state index contributed by atoms with van der Waals surface area (Å²) in [7, 11) is 0. The second-order valence-electron chi connectivity index (χ2n) is 1.26. The van der Waals surface area contributed by atoms with Gasteiger partial charge in [0, 0.05) is 13.1 Å². The van der Waals surface area contributed by atoms with Crippen molar-refractivity contribution in [2.24, 2.45) is 5.73 Å². The van der Waals surface area contributed by atoms with Crippen LogP contribution in [0, 0.1) is 0 Å². The molecule has 0 unspecified atom stereocenters. The van der Waals surface area contributed by atoms with E-state index in [0.29, 0.717) is 19.7 Å². The van der Waals surface area contributed by atoms with Crippen LogP contribution in [0.5, 0.6) is 0 Å². The van der Waals surface area contributed by atoms with Crippen LogP contribution in [0.15, 0.2) is 0 Å². The molecule has 8 heavy (non-hydrogen) atoms. The summed E-state index contributed by atoms with van der Waals surface area (Å²) in [6, 6.07) is 0. The zero-order chi connectivity index (χ0) is 6.24. The van der Waals surface area contributed by atoms with Crippen LogP contribution in [0.4, 0.5) is 0 Å². The summed E-state index contributed by atoms with van der Waals surface area (Å²) in [5, 5.41) is 8.17. The molecular weight excluding hydrogens is 108 g/mol. The Morgan fingerprint density at radius 1 is 1.62 bits per heavy atom. The Morgan fingerprint density at radius 2 is 2.38 bits per heavy atom. The first kappa shape index (κ1) is 7.84. The summed E-state index contributed by atoms with van der Waals surface area (Å²) in [5.41, 5.74) is 7.66. The molecule has 0 heterocycles. The monoisotopic (exact) mass is 120 g/mol. The summed E-state index contributed by atoms with van der Waals surface area (Å²) in [4.78, 5) is 4.64. The Kier molecular flexibility index (Phi) is 6.70. The molecule has 0 saturated carbocycles. The molecule has 0 spiro atoms. The lowest BCUT2D eigenvalue weighted by molar-refractivity contribution is 0.0194. The summed E-state index contributed by atoms with van der Waals surface area (Å²) in [5.74, 6) is 0. The van der Waals surface area contributed by atoms with E-state index in [1.54, 1.807) is 0 Å². The van der Waals surface area contributed by atoms with Crippen LogP contribution in [0.25, 0.3) is 0 Å². The Morgan fingerprint density at radius 3 is 2.88 bits per heavy atom. The molecule has 0 amide bonds. The number of hydrogen-bond donors (Lipinski definition) is 3. The van der Waals surface area contributed by atoms with E-state index in [2.05, 4.69) is 10.3 Å². The van der Waals surface area contributed by atoms with Crippen LogP contribution in [-0.4, -0.2) is 31.4 Å². The molecule has 0 radical (unpaired) electrons. The number of aliphatic hydroxyl groups excluding tert-OH is 1. The fourth-order valence-electron chi connectivity index (χ4n) is 0.249. The van der Waals surface area contributed by atoms with E-state index >= 15 is 0 Å². The predicted octanol–water partition coefficient (Wildman–Crippen LogP) is -1.54. The minimum atomic E-state index is 0.0393. The van der Waals surface area contributed by atoms with Gasteiger partial charge in [0.1, 0.15) is 0 Å². The van der Waals surface area contributed by atoms with Gasteiger partial charge in [-0.2, -0.15) is 0 Å². The quantitative estimate of drug-likeness (QED) is 0.304. The Balaban J connectivity index is 2.53. The predicted molar refractivity (Wildman–Crippen MR) is 30.1 cm³/mol. The Bertz CT molecular complexity index is 37.0. The van der Waals surface area contributed by atoms with Gasteiger partial charge in [-0.05, 0) is 0 Å². The largest absolute Gasteiger partial charge is 0.394 e. The molecule has 0 rings (SSSR count). The highest BCUT2D eigenvalue weighted by Gasteiger charge is 1.80. The number of hydrogen-bond acceptors (Lipinski definition) is 4. The highest BCUT2D eigenvalue weighted by Crippen LogP contribution is 1.61. The minimum Gasteiger partial charge on any atom is -0.394 e. The van der Waals surface area contributed by atoms with Gasteiger partial charge < -0.3 is 10.8 Å². The molecule has 0 aliphatic heterocycles. The van der Waals surface area contributed by atoms with Crippen molar-refractivity contribution in [3.8, 4) is 0 Å². The second-order valence-corrected chi connectivity index (χ2v) is 1.26. The van der Waals surface area contributed by atoms with Gasteiger partial charge in [-0.25, -0.2) is 5.48 Å². The number of nitrogens with one attached hydrogen (secondary N) is 1. The fourth-order valence-corrected chi connectivity index (χ4v) is 0.249. The molecule has 0 aromatic rings. The maximum Gasteiger partial charge on any atom is 0.0913 e. The van der Waals surface area contributed by atoms with Gasteiger partial charge in [-0.1, -0.05) is 0 Å². The van der Waals surface area contributed by atoms with Crippen LogP contribution in [0.2, 0.25) is 0 Å². The Hall–Kier alpha value is -0.160.